The van der Waals surface area contributed by atoms with Gasteiger partial charge >= 0.3 is 0 Å². The third-order valence-corrected chi connectivity index (χ3v) is 3.88. The number of carbonyl (C=O) groups is 2. The lowest BCUT2D eigenvalue weighted by atomic mass is 10.3. The molecule has 1 aliphatic rings. The highest BCUT2D eigenvalue weighted by atomic mass is 127. The maximum atomic E-state index is 11.9. The number of amides is 2. The number of hydrogen-bond acceptors (Lipinski definition) is 4. The van der Waals surface area contributed by atoms with Crippen LogP contribution in [-0.2, 0) is 9.59 Å². The molecule has 2 N–H and O–H groups in total. The lowest BCUT2D eigenvalue weighted by Gasteiger charge is -2.36. The number of nitrogens with zero attached hydrogens (tertiary/aromatic N) is 4. The van der Waals surface area contributed by atoms with Crippen LogP contribution in [0.3, 0.4) is 0 Å². The molecular formula is C17H35IN6O2. The summed E-state index contributed by atoms with van der Waals surface area (Å²) in [4.78, 5) is 34.0. The average molecular weight is 482 g/mol. The van der Waals surface area contributed by atoms with Crippen molar-refractivity contribution in [3.05, 3.63) is 0 Å². The summed E-state index contributed by atoms with van der Waals surface area (Å²) >= 11 is 0. The summed E-state index contributed by atoms with van der Waals surface area (Å²) < 4.78 is 0. The number of halogens is 1. The highest BCUT2D eigenvalue weighted by Gasteiger charge is 2.21. The summed E-state index contributed by atoms with van der Waals surface area (Å²) in [6.45, 7) is 10.6. The number of rotatable bonds is 7. The Labute approximate surface area is 174 Å². The van der Waals surface area contributed by atoms with Gasteiger partial charge in [-0.25, -0.2) is 4.99 Å². The molecule has 2 amide bonds. The molecule has 0 spiro atoms. The number of likely N-dealkylation sites (N-methyl/N-ethyl adjacent to an activating group) is 1. The molecule has 0 saturated carbocycles. The Balaban J connectivity index is 0.00000625. The summed E-state index contributed by atoms with van der Waals surface area (Å²) in [7, 11) is 3.47. The summed E-state index contributed by atoms with van der Waals surface area (Å²) in [6, 6.07) is 0.167. The van der Waals surface area contributed by atoms with E-state index in [0.717, 1.165) is 45.1 Å². The predicted octanol–water partition coefficient (Wildman–Crippen LogP) is 0.190. The minimum absolute atomic E-state index is 0. The molecule has 1 aliphatic heterocycles. The largest absolute Gasteiger partial charge is 0.356 e. The van der Waals surface area contributed by atoms with E-state index in [-0.39, 0.29) is 48.4 Å². The summed E-state index contributed by atoms with van der Waals surface area (Å²) in [5.74, 6) is 0.834. The SMILES string of the molecule is CCCNC(=NCC(=O)N(C)C)N1CCN(CC(=O)NC(C)C)CC1.I. The molecule has 1 fully saturated rings. The first-order valence-corrected chi connectivity index (χ1v) is 9.08. The first kappa shape index (κ1) is 24.9. The van der Waals surface area contributed by atoms with Crippen molar-refractivity contribution >= 4 is 41.8 Å². The standard InChI is InChI=1S/C17H34N6O2.HI/c1-6-7-18-17(19-12-16(25)21(4)5)23-10-8-22(9-11-23)13-15(24)20-14(2)3;/h14H,6-13H2,1-5H3,(H,18,19)(H,20,24);1H. The van der Waals surface area contributed by atoms with E-state index in [9.17, 15) is 9.59 Å². The number of aliphatic imine (C=N–C) groups is 1. The van der Waals surface area contributed by atoms with Crippen LogP contribution < -0.4 is 10.6 Å². The normalized spacial score (nSPS) is 15.5. The van der Waals surface area contributed by atoms with Gasteiger partial charge in [0.05, 0.1) is 6.54 Å². The molecule has 0 radical (unpaired) electrons. The molecule has 0 atom stereocenters. The molecule has 1 heterocycles. The van der Waals surface area contributed by atoms with E-state index in [0.29, 0.717) is 6.54 Å². The van der Waals surface area contributed by atoms with Crippen LogP contribution in [0.2, 0.25) is 0 Å². The number of hydrogen-bond donors (Lipinski definition) is 2. The molecule has 152 valence electrons. The molecule has 0 unspecified atom stereocenters. The Kier molecular flexibility index (Phi) is 12.6. The average Bonchev–Trinajstić information content (AvgIpc) is 2.54. The Hall–Kier alpha value is -1.10. The van der Waals surface area contributed by atoms with Crippen LogP contribution in [0.5, 0.6) is 0 Å². The first-order chi connectivity index (χ1) is 11.8. The second-order valence-corrected chi connectivity index (χ2v) is 6.84. The van der Waals surface area contributed by atoms with Crippen molar-refractivity contribution in [2.45, 2.75) is 33.2 Å². The van der Waals surface area contributed by atoms with Gasteiger partial charge in [-0.3, -0.25) is 14.5 Å². The van der Waals surface area contributed by atoms with Crippen molar-refractivity contribution in [3.63, 3.8) is 0 Å². The van der Waals surface area contributed by atoms with Crippen molar-refractivity contribution < 1.29 is 9.59 Å². The molecule has 8 nitrogen and oxygen atoms in total. The molecule has 26 heavy (non-hydrogen) atoms. The van der Waals surface area contributed by atoms with Crippen molar-refractivity contribution in [2.75, 3.05) is 59.9 Å². The Morgan fingerprint density at radius 1 is 1.15 bits per heavy atom. The molecular weight excluding hydrogens is 447 g/mol. The van der Waals surface area contributed by atoms with Gasteiger partial charge in [0.15, 0.2) is 5.96 Å². The van der Waals surface area contributed by atoms with Gasteiger partial charge in [0.1, 0.15) is 6.54 Å². The monoisotopic (exact) mass is 482 g/mol. The van der Waals surface area contributed by atoms with Gasteiger partial charge in [-0.2, -0.15) is 0 Å². The van der Waals surface area contributed by atoms with Gasteiger partial charge in [-0.05, 0) is 20.3 Å². The fourth-order valence-electron chi connectivity index (χ4n) is 2.48. The van der Waals surface area contributed by atoms with Gasteiger partial charge in [-0.1, -0.05) is 6.92 Å². The van der Waals surface area contributed by atoms with Gasteiger partial charge in [0.25, 0.3) is 0 Å². The Bertz CT molecular complexity index is 462. The molecule has 0 aliphatic carbocycles. The molecule has 9 heteroatoms. The summed E-state index contributed by atoms with van der Waals surface area (Å²) in [6.07, 6.45) is 0.996. The zero-order valence-corrected chi connectivity index (χ0v) is 19.1. The van der Waals surface area contributed by atoms with E-state index in [1.54, 1.807) is 19.0 Å². The summed E-state index contributed by atoms with van der Waals surface area (Å²) in [5, 5.41) is 6.25. The maximum Gasteiger partial charge on any atom is 0.243 e. The zero-order valence-electron chi connectivity index (χ0n) is 16.7. The second kappa shape index (κ2) is 13.1. The molecule has 0 aromatic carbocycles. The third-order valence-electron chi connectivity index (χ3n) is 3.88. The molecule has 0 aromatic heterocycles. The molecule has 1 rings (SSSR count). The highest BCUT2D eigenvalue weighted by Crippen LogP contribution is 2.03. The number of piperazine rings is 1. The lowest BCUT2D eigenvalue weighted by Crippen LogP contribution is -2.54. The highest BCUT2D eigenvalue weighted by molar-refractivity contribution is 14.0. The number of nitrogens with one attached hydrogen (secondary N) is 2. The van der Waals surface area contributed by atoms with E-state index in [1.807, 2.05) is 13.8 Å². The quantitative estimate of drug-likeness (QED) is 0.308. The summed E-state index contributed by atoms with van der Waals surface area (Å²) in [5.41, 5.74) is 0. The topological polar surface area (TPSA) is 80.3 Å². The van der Waals surface area contributed by atoms with Crippen LogP contribution >= 0.6 is 24.0 Å². The van der Waals surface area contributed by atoms with Crippen LogP contribution in [0.1, 0.15) is 27.2 Å². The number of guanidine groups is 1. The van der Waals surface area contributed by atoms with Gasteiger partial charge < -0.3 is 20.4 Å². The van der Waals surface area contributed by atoms with Crippen LogP contribution in [0, 0.1) is 0 Å². The fraction of sp³-hybridized carbons (Fsp3) is 0.824. The first-order valence-electron chi connectivity index (χ1n) is 9.08. The zero-order chi connectivity index (χ0) is 18.8. The fourth-order valence-corrected chi connectivity index (χ4v) is 2.48. The van der Waals surface area contributed by atoms with E-state index in [4.69, 9.17) is 0 Å². The lowest BCUT2D eigenvalue weighted by molar-refractivity contribution is -0.127. The minimum Gasteiger partial charge on any atom is -0.356 e. The smallest absolute Gasteiger partial charge is 0.243 e. The van der Waals surface area contributed by atoms with Gasteiger partial charge in [0, 0.05) is 52.9 Å². The van der Waals surface area contributed by atoms with Gasteiger partial charge in [-0.15, -0.1) is 24.0 Å². The van der Waals surface area contributed by atoms with E-state index >= 15 is 0 Å². The van der Waals surface area contributed by atoms with E-state index in [2.05, 4.69) is 32.3 Å². The maximum absolute atomic E-state index is 11.9. The van der Waals surface area contributed by atoms with Crippen LogP contribution in [0.25, 0.3) is 0 Å². The van der Waals surface area contributed by atoms with E-state index in [1.165, 1.54) is 0 Å². The predicted molar refractivity (Wildman–Crippen MR) is 116 cm³/mol. The van der Waals surface area contributed by atoms with E-state index < -0.39 is 0 Å². The Morgan fingerprint density at radius 3 is 2.27 bits per heavy atom. The molecule has 0 aromatic rings. The Morgan fingerprint density at radius 2 is 1.77 bits per heavy atom. The van der Waals surface area contributed by atoms with Gasteiger partial charge in [0.2, 0.25) is 11.8 Å². The van der Waals surface area contributed by atoms with Crippen molar-refractivity contribution in [1.29, 1.82) is 0 Å². The minimum atomic E-state index is -0.0141. The third kappa shape index (κ3) is 9.56. The van der Waals surface area contributed by atoms with Crippen LogP contribution in [0.15, 0.2) is 4.99 Å². The van der Waals surface area contributed by atoms with Crippen LogP contribution in [-0.4, -0.2) is 98.4 Å². The number of carbonyl (C=O) groups excluding carboxylic acids is 2. The van der Waals surface area contributed by atoms with Crippen molar-refractivity contribution in [3.8, 4) is 0 Å². The van der Waals surface area contributed by atoms with Crippen molar-refractivity contribution in [2.24, 2.45) is 4.99 Å². The second-order valence-electron chi connectivity index (χ2n) is 6.84. The molecule has 0 bridgehead atoms. The van der Waals surface area contributed by atoms with Crippen molar-refractivity contribution in [1.82, 2.24) is 25.3 Å². The molecule has 1 saturated heterocycles. The van der Waals surface area contributed by atoms with Crippen LogP contribution in [0.4, 0.5) is 0 Å².